The lowest BCUT2D eigenvalue weighted by Gasteiger charge is -2.33. The molecule has 1 aliphatic heterocycles. The van der Waals surface area contributed by atoms with Crippen LogP contribution in [0.4, 0.5) is 4.79 Å². The van der Waals surface area contributed by atoms with Crippen molar-refractivity contribution >= 4 is 22.2 Å². The maximum atomic E-state index is 11.8. The van der Waals surface area contributed by atoms with Gasteiger partial charge in [0, 0.05) is 6.54 Å². The third kappa shape index (κ3) is 7.85. The van der Waals surface area contributed by atoms with Crippen molar-refractivity contribution in [3.8, 4) is 0 Å². The summed E-state index contributed by atoms with van der Waals surface area (Å²) < 4.78 is 35.0. The molecule has 1 unspecified atom stereocenters. The molecule has 2 N–H and O–H groups in total. The van der Waals surface area contributed by atoms with E-state index in [1.807, 2.05) is 6.92 Å². The number of likely N-dealkylation sites (tertiary alicyclic amines) is 1. The summed E-state index contributed by atoms with van der Waals surface area (Å²) in [7, 11) is -4.03. The zero-order chi connectivity index (χ0) is 21.5. The molecule has 1 heterocycles. The summed E-state index contributed by atoms with van der Waals surface area (Å²) >= 11 is 0. The van der Waals surface area contributed by atoms with Crippen molar-refractivity contribution in [2.45, 2.75) is 69.9 Å². The minimum Gasteiger partial charge on any atom is -0.465 e. The normalized spacial score (nSPS) is 17.3. The minimum absolute atomic E-state index is 0.0558. The molecule has 9 heteroatoms. The number of amides is 1. The van der Waals surface area contributed by atoms with Crippen LogP contribution in [-0.2, 0) is 26.1 Å². The fourth-order valence-electron chi connectivity index (χ4n) is 2.67. The Bertz CT molecular complexity index is 766. The van der Waals surface area contributed by atoms with Crippen LogP contribution in [0, 0.1) is 0 Å². The highest BCUT2D eigenvalue weighted by molar-refractivity contribution is 7.85. The highest BCUT2D eigenvalue weighted by Gasteiger charge is 2.34. The maximum Gasteiger partial charge on any atom is 0.408 e. The molecular formula is C19H29NO7S. The molecule has 0 spiro atoms. The molecule has 28 heavy (non-hydrogen) atoms. The van der Waals surface area contributed by atoms with Crippen molar-refractivity contribution in [2.24, 2.45) is 0 Å². The fraction of sp³-hybridized carbons (Fsp3) is 0.579. The number of esters is 1. The zero-order valence-electron chi connectivity index (χ0n) is 16.7. The first-order valence-electron chi connectivity index (χ1n) is 9.14. The second-order valence-corrected chi connectivity index (χ2v) is 8.92. The summed E-state index contributed by atoms with van der Waals surface area (Å²) in [6, 6.07) is 5.53. The molecule has 8 nitrogen and oxygen atoms in total. The van der Waals surface area contributed by atoms with E-state index in [9.17, 15) is 18.0 Å². The van der Waals surface area contributed by atoms with Crippen molar-refractivity contribution in [3.05, 3.63) is 29.8 Å². The van der Waals surface area contributed by atoms with Crippen molar-refractivity contribution in [1.82, 2.24) is 4.90 Å². The largest absolute Gasteiger partial charge is 0.465 e. The molecular weight excluding hydrogens is 386 g/mol. The van der Waals surface area contributed by atoms with Gasteiger partial charge in [0.1, 0.15) is 11.6 Å². The quantitative estimate of drug-likeness (QED) is 0.573. The Labute approximate surface area is 166 Å². The topological polar surface area (TPSA) is 121 Å². The van der Waals surface area contributed by atoms with Gasteiger partial charge in [-0.25, -0.2) is 9.59 Å². The number of rotatable bonds is 3. The zero-order valence-corrected chi connectivity index (χ0v) is 17.5. The lowest BCUT2D eigenvalue weighted by Crippen LogP contribution is -2.49. The molecule has 1 aromatic carbocycles. The predicted molar refractivity (Wildman–Crippen MR) is 104 cm³/mol. The number of benzene rings is 1. The number of carbonyl (C=O) groups is 2. The van der Waals surface area contributed by atoms with Gasteiger partial charge < -0.3 is 9.84 Å². The molecule has 0 radical (unpaired) electrons. The van der Waals surface area contributed by atoms with E-state index < -0.39 is 33.8 Å². The standard InChI is InChI=1S/C11H19NO4.C8H10O3S/c1-11(2,3)16-9(13)8-6-4-5-7-12(8)10(14)15;1-2-7-3-5-8(6-4-7)12(9,10)11/h8H,4-7H2,1-3H3,(H,14,15);3-6H,2H2,1H3,(H,9,10,11). The van der Waals surface area contributed by atoms with Crippen LogP contribution in [0.1, 0.15) is 52.5 Å². The van der Waals surface area contributed by atoms with Crippen LogP contribution in [0.15, 0.2) is 29.2 Å². The van der Waals surface area contributed by atoms with Gasteiger partial charge in [-0.2, -0.15) is 8.42 Å². The van der Waals surface area contributed by atoms with Crippen molar-refractivity contribution in [2.75, 3.05) is 6.54 Å². The smallest absolute Gasteiger partial charge is 0.408 e. The summed E-state index contributed by atoms with van der Waals surface area (Å²) in [6.07, 6.45) is 2.04. The first-order chi connectivity index (χ1) is 12.8. The SMILES string of the molecule is CC(C)(C)OC(=O)C1CCCCN1C(=O)O.CCc1ccc(S(=O)(=O)O)cc1. The molecule has 0 bridgehead atoms. The third-order valence-electron chi connectivity index (χ3n) is 4.06. The molecule has 1 aromatic rings. The van der Waals surface area contributed by atoms with Gasteiger partial charge in [0.05, 0.1) is 4.90 Å². The van der Waals surface area contributed by atoms with Crippen LogP contribution in [0.3, 0.4) is 0 Å². The van der Waals surface area contributed by atoms with Crippen LogP contribution in [0.25, 0.3) is 0 Å². The Kier molecular flexibility index (Phi) is 8.44. The number of piperidine rings is 1. The predicted octanol–water partition coefficient (Wildman–Crippen LogP) is 3.36. The van der Waals surface area contributed by atoms with Gasteiger partial charge in [-0.15, -0.1) is 0 Å². The average Bonchev–Trinajstić information content (AvgIpc) is 2.60. The van der Waals surface area contributed by atoms with Gasteiger partial charge in [-0.05, 0) is 64.2 Å². The lowest BCUT2D eigenvalue weighted by atomic mass is 10.0. The maximum absolute atomic E-state index is 11.8. The third-order valence-corrected chi connectivity index (χ3v) is 4.92. The van der Waals surface area contributed by atoms with Crippen LogP contribution >= 0.6 is 0 Å². The number of hydrogen-bond acceptors (Lipinski definition) is 5. The van der Waals surface area contributed by atoms with Crippen molar-refractivity contribution in [1.29, 1.82) is 0 Å². The first-order valence-corrected chi connectivity index (χ1v) is 10.6. The van der Waals surface area contributed by atoms with Crippen LogP contribution in [-0.4, -0.2) is 53.2 Å². The molecule has 0 saturated carbocycles. The molecule has 1 amide bonds. The van der Waals surface area contributed by atoms with Gasteiger partial charge >= 0.3 is 12.1 Å². The molecule has 2 rings (SSSR count). The Morgan fingerprint density at radius 3 is 2.18 bits per heavy atom. The van der Waals surface area contributed by atoms with E-state index >= 15 is 0 Å². The fourth-order valence-corrected chi connectivity index (χ4v) is 3.15. The highest BCUT2D eigenvalue weighted by Crippen LogP contribution is 2.20. The summed E-state index contributed by atoms with van der Waals surface area (Å²) in [6.45, 7) is 7.72. The Hall–Kier alpha value is -2.13. The Balaban J connectivity index is 0.000000292. The first kappa shape index (κ1) is 23.9. The summed E-state index contributed by atoms with van der Waals surface area (Å²) in [4.78, 5) is 23.9. The number of carboxylic acid groups (broad SMARTS) is 1. The number of aryl methyl sites for hydroxylation is 1. The summed E-state index contributed by atoms with van der Waals surface area (Å²) in [5.74, 6) is -0.436. The van der Waals surface area contributed by atoms with Crippen LogP contribution in [0.5, 0.6) is 0 Å². The van der Waals surface area contributed by atoms with Crippen molar-refractivity contribution < 1.29 is 32.4 Å². The summed E-state index contributed by atoms with van der Waals surface area (Å²) in [5.41, 5.74) is 0.473. The molecule has 1 aliphatic rings. The van der Waals surface area contributed by atoms with Crippen LogP contribution in [0.2, 0.25) is 0 Å². The second kappa shape index (κ2) is 9.88. The number of ether oxygens (including phenoxy) is 1. The average molecular weight is 416 g/mol. The van der Waals surface area contributed by atoms with E-state index in [-0.39, 0.29) is 4.90 Å². The lowest BCUT2D eigenvalue weighted by molar-refractivity contribution is -0.161. The van der Waals surface area contributed by atoms with E-state index in [1.54, 1.807) is 32.9 Å². The molecule has 1 atom stereocenters. The molecule has 1 saturated heterocycles. The minimum atomic E-state index is -4.03. The van der Waals surface area contributed by atoms with Crippen molar-refractivity contribution in [3.63, 3.8) is 0 Å². The second-order valence-electron chi connectivity index (χ2n) is 7.49. The molecule has 0 aliphatic carbocycles. The van der Waals surface area contributed by atoms with E-state index in [0.717, 1.165) is 24.8 Å². The Morgan fingerprint density at radius 1 is 1.18 bits per heavy atom. The van der Waals surface area contributed by atoms with Crippen LogP contribution < -0.4 is 0 Å². The number of nitrogens with zero attached hydrogens (tertiary/aromatic N) is 1. The number of carbonyl (C=O) groups excluding carboxylic acids is 1. The van der Waals surface area contributed by atoms with E-state index in [0.29, 0.717) is 13.0 Å². The van der Waals surface area contributed by atoms with E-state index in [2.05, 4.69) is 0 Å². The van der Waals surface area contributed by atoms with Gasteiger partial charge in [0.2, 0.25) is 0 Å². The molecule has 1 fully saturated rings. The van der Waals surface area contributed by atoms with Gasteiger partial charge in [-0.3, -0.25) is 9.45 Å². The molecule has 0 aromatic heterocycles. The van der Waals surface area contributed by atoms with E-state index in [4.69, 9.17) is 14.4 Å². The monoisotopic (exact) mass is 415 g/mol. The summed E-state index contributed by atoms with van der Waals surface area (Å²) in [5, 5.41) is 8.97. The van der Waals surface area contributed by atoms with Gasteiger partial charge in [0.15, 0.2) is 0 Å². The molecule has 158 valence electrons. The number of hydrogen-bond donors (Lipinski definition) is 2. The van der Waals surface area contributed by atoms with Gasteiger partial charge in [0.25, 0.3) is 10.1 Å². The Morgan fingerprint density at radius 2 is 1.75 bits per heavy atom. The van der Waals surface area contributed by atoms with E-state index in [1.165, 1.54) is 17.0 Å². The highest BCUT2D eigenvalue weighted by atomic mass is 32.2. The van der Waals surface area contributed by atoms with Gasteiger partial charge in [-0.1, -0.05) is 19.1 Å².